The molecule has 21 heavy (non-hydrogen) atoms. The van der Waals surface area contributed by atoms with Crippen LogP contribution in [-0.4, -0.2) is 16.5 Å². The molecule has 2 rings (SSSR count). The Hall–Kier alpha value is -1.81. The Bertz CT molecular complexity index is 589. The summed E-state index contributed by atoms with van der Waals surface area (Å²) in [4.78, 5) is 8.82. The first-order valence-electron chi connectivity index (χ1n) is 7.21. The Labute approximate surface area is 130 Å². The van der Waals surface area contributed by atoms with Gasteiger partial charge in [-0.25, -0.2) is 4.98 Å². The second kappa shape index (κ2) is 7.84. The quantitative estimate of drug-likeness (QED) is 0.837. The number of ether oxygens (including phenoxy) is 1. The van der Waals surface area contributed by atoms with Crippen LogP contribution in [0.1, 0.15) is 31.7 Å². The van der Waals surface area contributed by atoms with E-state index in [1.54, 1.807) is 0 Å². The summed E-state index contributed by atoms with van der Waals surface area (Å²) in [5, 5.41) is 3.96. The van der Waals surface area contributed by atoms with Gasteiger partial charge in [-0.05, 0) is 12.5 Å². The van der Waals surface area contributed by atoms with E-state index in [1.807, 2.05) is 37.3 Å². The van der Waals surface area contributed by atoms with E-state index < -0.39 is 0 Å². The van der Waals surface area contributed by atoms with Gasteiger partial charge in [0.2, 0.25) is 5.88 Å². The molecule has 0 unspecified atom stereocenters. The van der Waals surface area contributed by atoms with Crippen molar-refractivity contribution in [2.24, 2.45) is 0 Å². The third kappa shape index (κ3) is 4.60. The van der Waals surface area contributed by atoms with Gasteiger partial charge in [-0.3, -0.25) is 0 Å². The molecule has 0 aliphatic rings. The average molecular weight is 306 g/mol. The Morgan fingerprint density at radius 3 is 2.71 bits per heavy atom. The number of halogens is 1. The van der Waals surface area contributed by atoms with E-state index >= 15 is 0 Å². The number of rotatable bonds is 7. The molecular formula is C16H20ClN3O. The zero-order valence-electron chi connectivity index (χ0n) is 12.4. The fraction of sp³-hybridized carbons (Fsp3) is 0.375. The van der Waals surface area contributed by atoms with Gasteiger partial charge in [0.1, 0.15) is 18.2 Å². The summed E-state index contributed by atoms with van der Waals surface area (Å²) in [6.07, 6.45) is 1.81. The van der Waals surface area contributed by atoms with E-state index in [1.165, 1.54) is 0 Å². The van der Waals surface area contributed by atoms with Gasteiger partial charge < -0.3 is 10.1 Å². The van der Waals surface area contributed by atoms with Gasteiger partial charge in [-0.1, -0.05) is 43.6 Å². The summed E-state index contributed by atoms with van der Waals surface area (Å²) in [6, 6.07) is 9.47. The van der Waals surface area contributed by atoms with Crippen LogP contribution in [0, 0.1) is 0 Å². The summed E-state index contributed by atoms with van der Waals surface area (Å²) in [6.45, 7) is 5.41. The minimum absolute atomic E-state index is 0.396. The minimum Gasteiger partial charge on any atom is -0.473 e. The Kier molecular flexibility index (Phi) is 5.81. The molecule has 0 amide bonds. The van der Waals surface area contributed by atoms with E-state index in [2.05, 4.69) is 22.2 Å². The van der Waals surface area contributed by atoms with Crippen LogP contribution in [0.5, 0.6) is 5.88 Å². The topological polar surface area (TPSA) is 47.0 Å². The summed E-state index contributed by atoms with van der Waals surface area (Å²) in [7, 11) is 0. The van der Waals surface area contributed by atoms with Crippen LogP contribution >= 0.6 is 11.6 Å². The second-order valence-electron chi connectivity index (χ2n) is 4.67. The number of benzene rings is 1. The number of anilines is 1. The zero-order chi connectivity index (χ0) is 15.1. The van der Waals surface area contributed by atoms with Crippen molar-refractivity contribution in [3.05, 3.63) is 46.7 Å². The molecule has 0 spiro atoms. The van der Waals surface area contributed by atoms with Gasteiger partial charge in [0, 0.05) is 29.6 Å². The molecule has 0 radical (unpaired) electrons. The molecule has 5 heteroatoms. The van der Waals surface area contributed by atoms with Crippen molar-refractivity contribution in [1.82, 2.24) is 9.97 Å². The Morgan fingerprint density at radius 1 is 1.19 bits per heavy atom. The summed E-state index contributed by atoms with van der Waals surface area (Å²) in [5.74, 6) is 2.14. The molecule has 0 saturated heterocycles. The molecule has 1 aromatic heterocycles. The molecule has 1 heterocycles. The van der Waals surface area contributed by atoms with Crippen LogP contribution in [-0.2, 0) is 13.0 Å². The lowest BCUT2D eigenvalue weighted by molar-refractivity contribution is 0.292. The number of nitrogens with one attached hydrogen (secondary N) is 1. The molecule has 1 aromatic carbocycles. The predicted octanol–water partition coefficient (Wildman–Crippen LogP) is 4.09. The highest BCUT2D eigenvalue weighted by Crippen LogP contribution is 2.19. The third-order valence-corrected chi connectivity index (χ3v) is 3.32. The monoisotopic (exact) mass is 305 g/mol. The van der Waals surface area contributed by atoms with Gasteiger partial charge in [-0.15, -0.1) is 0 Å². The van der Waals surface area contributed by atoms with Crippen molar-refractivity contribution in [1.29, 1.82) is 0 Å². The van der Waals surface area contributed by atoms with Crippen LogP contribution in [0.3, 0.4) is 0 Å². The fourth-order valence-corrected chi connectivity index (χ4v) is 2.01. The van der Waals surface area contributed by atoms with Crippen LogP contribution < -0.4 is 10.1 Å². The van der Waals surface area contributed by atoms with E-state index in [9.17, 15) is 0 Å². The molecule has 0 bridgehead atoms. The van der Waals surface area contributed by atoms with E-state index in [0.29, 0.717) is 17.5 Å². The van der Waals surface area contributed by atoms with Gasteiger partial charge in [0.05, 0.1) is 0 Å². The normalized spacial score (nSPS) is 10.4. The SMILES string of the molecule is CCCNc1cc(OCc2ccccc2Cl)nc(CC)n1. The molecule has 0 aliphatic heterocycles. The lowest BCUT2D eigenvalue weighted by Crippen LogP contribution is -2.07. The van der Waals surface area contributed by atoms with Crippen LogP contribution in [0.15, 0.2) is 30.3 Å². The van der Waals surface area contributed by atoms with Crippen molar-refractivity contribution >= 4 is 17.4 Å². The number of aryl methyl sites for hydroxylation is 1. The van der Waals surface area contributed by atoms with Crippen molar-refractivity contribution in [3.8, 4) is 5.88 Å². The van der Waals surface area contributed by atoms with Crippen molar-refractivity contribution in [3.63, 3.8) is 0 Å². The van der Waals surface area contributed by atoms with Crippen LogP contribution in [0.2, 0.25) is 5.02 Å². The predicted molar refractivity (Wildman–Crippen MR) is 86.0 cm³/mol. The maximum atomic E-state index is 6.12. The van der Waals surface area contributed by atoms with Gasteiger partial charge in [0.25, 0.3) is 0 Å². The highest BCUT2D eigenvalue weighted by atomic mass is 35.5. The number of nitrogens with zero attached hydrogens (tertiary/aromatic N) is 2. The molecule has 0 fully saturated rings. The van der Waals surface area contributed by atoms with Crippen molar-refractivity contribution < 1.29 is 4.74 Å². The van der Waals surface area contributed by atoms with E-state index in [-0.39, 0.29) is 0 Å². The van der Waals surface area contributed by atoms with E-state index in [0.717, 1.165) is 36.6 Å². The van der Waals surface area contributed by atoms with Gasteiger partial charge in [0.15, 0.2) is 0 Å². The first-order chi connectivity index (χ1) is 10.2. The smallest absolute Gasteiger partial charge is 0.219 e. The average Bonchev–Trinajstić information content (AvgIpc) is 2.52. The number of hydrogen-bond donors (Lipinski definition) is 1. The summed E-state index contributed by atoms with van der Waals surface area (Å²) in [5.41, 5.74) is 0.943. The number of aromatic nitrogens is 2. The lowest BCUT2D eigenvalue weighted by atomic mass is 10.2. The summed E-state index contributed by atoms with van der Waals surface area (Å²) >= 11 is 6.12. The first-order valence-corrected chi connectivity index (χ1v) is 7.58. The largest absolute Gasteiger partial charge is 0.473 e. The highest BCUT2D eigenvalue weighted by molar-refractivity contribution is 6.31. The molecule has 112 valence electrons. The van der Waals surface area contributed by atoms with Gasteiger partial charge >= 0.3 is 0 Å². The maximum Gasteiger partial charge on any atom is 0.219 e. The zero-order valence-corrected chi connectivity index (χ0v) is 13.2. The molecule has 0 atom stereocenters. The fourth-order valence-electron chi connectivity index (χ4n) is 1.82. The second-order valence-corrected chi connectivity index (χ2v) is 5.08. The number of hydrogen-bond acceptors (Lipinski definition) is 4. The van der Waals surface area contributed by atoms with E-state index in [4.69, 9.17) is 16.3 Å². The molecule has 1 N–H and O–H groups in total. The van der Waals surface area contributed by atoms with Crippen LogP contribution in [0.25, 0.3) is 0 Å². The Morgan fingerprint density at radius 2 is 2.00 bits per heavy atom. The molecule has 4 nitrogen and oxygen atoms in total. The molecule has 0 aliphatic carbocycles. The Balaban J connectivity index is 2.09. The lowest BCUT2D eigenvalue weighted by Gasteiger charge is -2.10. The van der Waals surface area contributed by atoms with Crippen molar-refractivity contribution in [2.75, 3.05) is 11.9 Å². The standard InChI is InChI=1S/C16H20ClN3O/c1-3-9-18-15-10-16(20-14(4-2)19-15)21-11-12-7-5-6-8-13(12)17/h5-8,10H,3-4,9,11H2,1-2H3,(H,18,19,20). The first kappa shape index (κ1) is 15.6. The highest BCUT2D eigenvalue weighted by Gasteiger charge is 2.06. The maximum absolute atomic E-state index is 6.12. The molecule has 0 saturated carbocycles. The summed E-state index contributed by atoms with van der Waals surface area (Å²) < 4.78 is 5.76. The third-order valence-electron chi connectivity index (χ3n) is 2.95. The molecule has 2 aromatic rings. The molecular weight excluding hydrogens is 286 g/mol. The van der Waals surface area contributed by atoms with Gasteiger partial charge in [-0.2, -0.15) is 4.98 Å². The van der Waals surface area contributed by atoms with Crippen molar-refractivity contribution in [2.45, 2.75) is 33.3 Å². The minimum atomic E-state index is 0.396. The van der Waals surface area contributed by atoms with Crippen LogP contribution in [0.4, 0.5) is 5.82 Å².